The van der Waals surface area contributed by atoms with Gasteiger partial charge in [0.1, 0.15) is 5.69 Å². The van der Waals surface area contributed by atoms with Crippen molar-refractivity contribution in [3.05, 3.63) is 22.4 Å². The van der Waals surface area contributed by atoms with Gasteiger partial charge in [-0.1, -0.05) is 19.3 Å². The molecule has 1 aliphatic carbocycles. The summed E-state index contributed by atoms with van der Waals surface area (Å²) in [6.07, 6.45) is 5.84. The van der Waals surface area contributed by atoms with Crippen molar-refractivity contribution < 1.29 is 14.7 Å². The van der Waals surface area contributed by atoms with E-state index >= 15 is 0 Å². The van der Waals surface area contributed by atoms with Crippen LogP contribution in [-0.4, -0.2) is 28.5 Å². The van der Waals surface area contributed by atoms with Crippen molar-refractivity contribution in [1.82, 2.24) is 10.3 Å². The second-order valence-electron chi connectivity index (χ2n) is 5.06. The molecule has 0 bridgehead atoms. The zero-order valence-electron chi connectivity index (χ0n) is 10.5. The van der Waals surface area contributed by atoms with Gasteiger partial charge in [-0.25, -0.2) is 0 Å². The van der Waals surface area contributed by atoms with Crippen LogP contribution in [0.1, 0.15) is 42.6 Å². The molecule has 0 atom stereocenters. The second-order valence-corrected chi connectivity index (χ2v) is 5.98. The van der Waals surface area contributed by atoms with Gasteiger partial charge in [-0.15, -0.1) is 0 Å². The Morgan fingerprint density at radius 3 is 2.58 bits per heavy atom. The van der Waals surface area contributed by atoms with E-state index in [4.69, 9.17) is 0 Å². The maximum atomic E-state index is 11.9. The fraction of sp³-hybridized carbons (Fsp3) is 0.538. The van der Waals surface area contributed by atoms with Crippen LogP contribution >= 0.6 is 15.9 Å². The van der Waals surface area contributed by atoms with E-state index in [1.807, 2.05) is 0 Å². The number of nitrogens with one attached hydrogen (secondary N) is 2. The highest BCUT2D eigenvalue weighted by Gasteiger charge is 2.39. The summed E-state index contributed by atoms with van der Waals surface area (Å²) in [4.78, 5) is 26.2. The van der Waals surface area contributed by atoms with E-state index in [0.717, 1.165) is 23.7 Å². The molecule has 2 rings (SSSR count). The second kappa shape index (κ2) is 5.77. The van der Waals surface area contributed by atoms with Crippen LogP contribution < -0.4 is 5.32 Å². The standard InChI is InChI=1S/C13H17BrN2O3/c14-9-6-10(15-7-9)11(17)16-8-13(12(18)19)4-2-1-3-5-13/h6-7,15H,1-5,8H2,(H,16,17)(H,18,19). The van der Waals surface area contributed by atoms with E-state index < -0.39 is 11.4 Å². The summed E-state index contributed by atoms with van der Waals surface area (Å²) in [6.45, 7) is 0.192. The number of aromatic amines is 1. The Balaban J connectivity index is 1.99. The van der Waals surface area contributed by atoms with Gasteiger partial charge in [0.15, 0.2) is 0 Å². The third kappa shape index (κ3) is 3.18. The molecule has 0 aliphatic heterocycles. The zero-order chi connectivity index (χ0) is 13.9. The van der Waals surface area contributed by atoms with Crippen LogP contribution in [0.15, 0.2) is 16.7 Å². The predicted molar refractivity (Wildman–Crippen MR) is 74.0 cm³/mol. The van der Waals surface area contributed by atoms with Crippen LogP contribution in [0.2, 0.25) is 0 Å². The highest BCUT2D eigenvalue weighted by molar-refractivity contribution is 9.10. The minimum Gasteiger partial charge on any atom is -0.481 e. The van der Waals surface area contributed by atoms with Crippen LogP contribution in [0, 0.1) is 5.41 Å². The zero-order valence-corrected chi connectivity index (χ0v) is 12.1. The third-order valence-electron chi connectivity index (χ3n) is 3.74. The molecule has 1 heterocycles. The molecule has 1 saturated carbocycles. The van der Waals surface area contributed by atoms with Crippen LogP contribution in [-0.2, 0) is 4.79 Å². The summed E-state index contributed by atoms with van der Waals surface area (Å²) in [5, 5.41) is 12.1. The third-order valence-corrected chi connectivity index (χ3v) is 4.20. The Morgan fingerprint density at radius 2 is 2.05 bits per heavy atom. The highest BCUT2D eigenvalue weighted by Crippen LogP contribution is 2.36. The predicted octanol–water partition coefficient (Wildman–Crippen LogP) is 2.54. The molecular weight excluding hydrogens is 312 g/mol. The van der Waals surface area contributed by atoms with Crippen molar-refractivity contribution in [2.24, 2.45) is 5.41 Å². The summed E-state index contributed by atoms with van der Waals surface area (Å²) in [5.74, 6) is -1.07. The van der Waals surface area contributed by atoms with Gasteiger partial charge in [0.2, 0.25) is 0 Å². The van der Waals surface area contributed by atoms with E-state index in [-0.39, 0.29) is 12.5 Å². The highest BCUT2D eigenvalue weighted by atomic mass is 79.9. The van der Waals surface area contributed by atoms with Crippen molar-refractivity contribution in [3.8, 4) is 0 Å². The van der Waals surface area contributed by atoms with Crippen LogP contribution in [0.4, 0.5) is 0 Å². The Labute approximate surface area is 119 Å². The Hall–Kier alpha value is -1.30. The first-order valence-corrected chi connectivity index (χ1v) is 7.18. The van der Waals surface area contributed by atoms with Crippen molar-refractivity contribution in [1.29, 1.82) is 0 Å². The van der Waals surface area contributed by atoms with Crippen LogP contribution in [0.25, 0.3) is 0 Å². The summed E-state index contributed by atoms with van der Waals surface area (Å²) in [7, 11) is 0. The number of amides is 1. The number of carboxylic acids is 1. The number of H-pyrrole nitrogens is 1. The van der Waals surface area contributed by atoms with Gasteiger partial charge in [-0.2, -0.15) is 0 Å². The lowest BCUT2D eigenvalue weighted by Crippen LogP contribution is -2.44. The van der Waals surface area contributed by atoms with Gasteiger partial charge < -0.3 is 15.4 Å². The lowest BCUT2D eigenvalue weighted by atomic mass is 9.74. The maximum absolute atomic E-state index is 11.9. The lowest BCUT2D eigenvalue weighted by molar-refractivity contribution is -0.150. The topological polar surface area (TPSA) is 82.2 Å². The first-order valence-electron chi connectivity index (χ1n) is 6.39. The van der Waals surface area contributed by atoms with Gasteiger partial charge in [0.05, 0.1) is 5.41 Å². The fourth-order valence-electron chi connectivity index (χ4n) is 2.54. The quantitative estimate of drug-likeness (QED) is 0.794. The van der Waals surface area contributed by atoms with Gasteiger partial charge in [-0.05, 0) is 34.8 Å². The molecule has 1 aliphatic rings. The van der Waals surface area contributed by atoms with Crippen molar-refractivity contribution in [3.63, 3.8) is 0 Å². The van der Waals surface area contributed by atoms with E-state index in [1.165, 1.54) is 0 Å². The monoisotopic (exact) mass is 328 g/mol. The number of halogens is 1. The molecule has 6 heteroatoms. The average molecular weight is 329 g/mol. The number of carbonyl (C=O) groups excluding carboxylic acids is 1. The molecule has 1 fully saturated rings. The van der Waals surface area contributed by atoms with Crippen LogP contribution in [0.5, 0.6) is 0 Å². The van der Waals surface area contributed by atoms with Gasteiger partial charge in [0, 0.05) is 17.2 Å². The number of hydrogen-bond donors (Lipinski definition) is 3. The number of carboxylic acid groups (broad SMARTS) is 1. The SMILES string of the molecule is O=C(NCC1(C(=O)O)CCCCC1)c1cc(Br)c[nH]1. The van der Waals surface area contributed by atoms with Crippen LogP contribution in [0.3, 0.4) is 0 Å². The summed E-state index contributed by atoms with van der Waals surface area (Å²) in [6, 6.07) is 1.67. The van der Waals surface area contributed by atoms with Gasteiger partial charge in [-0.3, -0.25) is 9.59 Å². The molecule has 0 unspecified atom stereocenters. The largest absolute Gasteiger partial charge is 0.481 e. The Kier molecular flexibility index (Phi) is 4.29. The Bertz CT molecular complexity index is 478. The van der Waals surface area contributed by atoms with E-state index in [2.05, 4.69) is 26.2 Å². The van der Waals surface area contributed by atoms with Crippen molar-refractivity contribution in [2.75, 3.05) is 6.54 Å². The normalized spacial score (nSPS) is 17.9. The molecular formula is C13H17BrN2O3. The summed E-state index contributed by atoms with van der Waals surface area (Å²) < 4.78 is 0.795. The number of rotatable bonds is 4. The van der Waals surface area contributed by atoms with E-state index in [9.17, 15) is 14.7 Å². The molecule has 1 amide bonds. The smallest absolute Gasteiger partial charge is 0.311 e. The number of aromatic nitrogens is 1. The van der Waals surface area contributed by atoms with Crippen molar-refractivity contribution in [2.45, 2.75) is 32.1 Å². The molecule has 1 aromatic heterocycles. The Morgan fingerprint density at radius 1 is 1.37 bits per heavy atom. The molecule has 0 saturated heterocycles. The molecule has 19 heavy (non-hydrogen) atoms. The van der Waals surface area contributed by atoms with E-state index in [1.54, 1.807) is 12.3 Å². The van der Waals surface area contributed by atoms with E-state index in [0.29, 0.717) is 18.5 Å². The van der Waals surface area contributed by atoms with Gasteiger partial charge >= 0.3 is 5.97 Å². The number of carbonyl (C=O) groups is 2. The van der Waals surface area contributed by atoms with Crippen molar-refractivity contribution >= 4 is 27.8 Å². The lowest BCUT2D eigenvalue weighted by Gasteiger charge is -2.33. The first kappa shape index (κ1) is 14.1. The molecule has 0 radical (unpaired) electrons. The molecule has 5 nitrogen and oxygen atoms in total. The average Bonchev–Trinajstić information content (AvgIpc) is 2.83. The van der Waals surface area contributed by atoms with Gasteiger partial charge in [0.25, 0.3) is 5.91 Å². The fourth-order valence-corrected chi connectivity index (χ4v) is 2.88. The summed E-state index contributed by atoms with van der Waals surface area (Å²) in [5.41, 5.74) is -0.360. The molecule has 0 aromatic carbocycles. The molecule has 104 valence electrons. The summed E-state index contributed by atoms with van der Waals surface area (Å²) >= 11 is 3.26. The first-order chi connectivity index (χ1) is 9.03. The minimum atomic E-state index is -0.805. The number of hydrogen-bond acceptors (Lipinski definition) is 2. The molecule has 3 N–H and O–H groups in total. The molecule has 1 aromatic rings. The maximum Gasteiger partial charge on any atom is 0.311 e. The number of aliphatic carboxylic acids is 1. The molecule has 0 spiro atoms. The minimum absolute atomic E-state index is 0.192.